The Labute approximate surface area is 138 Å². The lowest BCUT2D eigenvalue weighted by Gasteiger charge is -2.32. The molecule has 1 N–H and O–H groups in total. The van der Waals surface area contributed by atoms with Gasteiger partial charge in [0.25, 0.3) is 5.91 Å². The first-order valence-corrected chi connectivity index (χ1v) is 7.41. The van der Waals surface area contributed by atoms with Crippen LogP contribution in [0.5, 0.6) is 5.75 Å². The lowest BCUT2D eigenvalue weighted by molar-refractivity contribution is -0.127. The first-order chi connectivity index (χ1) is 11.0. The van der Waals surface area contributed by atoms with E-state index in [1.165, 1.54) is 11.1 Å². The molecule has 1 aliphatic heterocycles. The van der Waals surface area contributed by atoms with Crippen LogP contribution in [-0.4, -0.2) is 29.4 Å². The fourth-order valence-corrected chi connectivity index (χ4v) is 2.41. The molecular formula is C16H14ClN3O3. The first-order valence-electron chi connectivity index (χ1n) is 7.03. The second-order valence-corrected chi connectivity index (χ2v) is 5.50. The molecule has 0 aliphatic carbocycles. The van der Waals surface area contributed by atoms with E-state index in [-0.39, 0.29) is 18.4 Å². The number of benzene rings is 1. The quantitative estimate of drug-likeness (QED) is 0.938. The van der Waals surface area contributed by atoms with Gasteiger partial charge in [-0.05, 0) is 31.2 Å². The van der Waals surface area contributed by atoms with Crippen LogP contribution in [0.3, 0.4) is 0 Å². The summed E-state index contributed by atoms with van der Waals surface area (Å²) in [5.74, 6) is 0.346. The molecule has 0 bridgehead atoms. The monoisotopic (exact) mass is 331 g/mol. The second-order valence-electron chi connectivity index (χ2n) is 5.06. The van der Waals surface area contributed by atoms with Crippen LogP contribution in [0.15, 0.2) is 42.6 Å². The standard InChI is InChI=1S/C16H14ClN3O3/c1-10-16(22)20(12-4-2-3-5-13(12)23-10)9-15(21)19-14-7-6-11(17)8-18-14/h2-8,10H,9H2,1H3,(H,18,19,21). The molecule has 2 amide bonds. The van der Waals surface area contributed by atoms with Gasteiger partial charge in [-0.3, -0.25) is 14.5 Å². The normalized spacial score (nSPS) is 16.5. The van der Waals surface area contributed by atoms with Crippen molar-refractivity contribution in [3.8, 4) is 5.75 Å². The number of hydrogen-bond donors (Lipinski definition) is 1. The number of halogens is 1. The van der Waals surface area contributed by atoms with Crippen LogP contribution >= 0.6 is 11.6 Å². The molecule has 23 heavy (non-hydrogen) atoms. The highest BCUT2D eigenvalue weighted by atomic mass is 35.5. The van der Waals surface area contributed by atoms with E-state index in [1.54, 1.807) is 37.3 Å². The Balaban J connectivity index is 1.77. The molecule has 3 rings (SSSR count). The predicted molar refractivity (Wildman–Crippen MR) is 86.8 cm³/mol. The number of aromatic nitrogens is 1. The minimum absolute atomic E-state index is 0.117. The minimum atomic E-state index is -0.633. The number of carbonyl (C=O) groups is 2. The summed E-state index contributed by atoms with van der Waals surface area (Å²) < 4.78 is 5.54. The molecule has 2 heterocycles. The Kier molecular flexibility index (Phi) is 4.16. The maximum atomic E-state index is 12.3. The van der Waals surface area contributed by atoms with Gasteiger partial charge in [0.05, 0.1) is 10.7 Å². The number of ether oxygens (including phenoxy) is 1. The molecule has 1 aromatic carbocycles. The molecule has 0 spiro atoms. The summed E-state index contributed by atoms with van der Waals surface area (Å²) >= 11 is 5.75. The largest absolute Gasteiger partial charge is 0.479 e. The highest BCUT2D eigenvalue weighted by Crippen LogP contribution is 2.33. The van der Waals surface area contributed by atoms with Crippen LogP contribution in [0.4, 0.5) is 11.5 Å². The summed E-state index contributed by atoms with van der Waals surface area (Å²) in [6, 6.07) is 10.3. The molecule has 0 saturated carbocycles. The third-order valence-corrected chi connectivity index (χ3v) is 3.59. The van der Waals surface area contributed by atoms with Gasteiger partial charge >= 0.3 is 0 Å². The van der Waals surface area contributed by atoms with Crippen molar-refractivity contribution in [2.24, 2.45) is 0 Å². The molecule has 1 aromatic heterocycles. The third-order valence-electron chi connectivity index (χ3n) is 3.37. The summed E-state index contributed by atoms with van der Waals surface area (Å²) in [6.45, 7) is 1.54. The summed E-state index contributed by atoms with van der Waals surface area (Å²) in [4.78, 5) is 29.9. The molecule has 1 unspecified atom stereocenters. The van der Waals surface area contributed by atoms with Crippen molar-refractivity contribution < 1.29 is 14.3 Å². The van der Waals surface area contributed by atoms with E-state index in [4.69, 9.17) is 16.3 Å². The molecule has 0 fully saturated rings. The highest BCUT2D eigenvalue weighted by Gasteiger charge is 2.32. The molecule has 2 aromatic rings. The summed E-state index contributed by atoms with van der Waals surface area (Å²) in [5.41, 5.74) is 0.579. The highest BCUT2D eigenvalue weighted by molar-refractivity contribution is 6.30. The van der Waals surface area contributed by atoms with Gasteiger partial charge in [0.1, 0.15) is 18.1 Å². The van der Waals surface area contributed by atoms with E-state index in [2.05, 4.69) is 10.3 Å². The van der Waals surface area contributed by atoms with Gasteiger partial charge in [-0.15, -0.1) is 0 Å². The average Bonchev–Trinajstić information content (AvgIpc) is 2.54. The van der Waals surface area contributed by atoms with Crippen LogP contribution in [0, 0.1) is 0 Å². The predicted octanol–water partition coefficient (Wildman–Crippen LogP) is 2.49. The van der Waals surface area contributed by atoms with E-state index in [0.29, 0.717) is 22.3 Å². The van der Waals surface area contributed by atoms with E-state index >= 15 is 0 Å². The number of nitrogens with one attached hydrogen (secondary N) is 1. The van der Waals surface area contributed by atoms with E-state index < -0.39 is 6.10 Å². The maximum Gasteiger partial charge on any atom is 0.268 e. The van der Waals surface area contributed by atoms with Crippen molar-refractivity contribution in [1.82, 2.24) is 4.98 Å². The van der Waals surface area contributed by atoms with Crippen LogP contribution in [-0.2, 0) is 9.59 Å². The number of anilines is 2. The Morgan fingerprint density at radius 1 is 1.35 bits per heavy atom. The summed E-state index contributed by atoms with van der Waals surface area (Å²) in [7, 11) is 0. The number of fused-ring (bicyclic) bond motifs is 1. The molecular weight excluding hydrogens is 318 g/mol. The number of para-hydroxylation sites is 2. The van der Waals surface area contributed by atoms with E-state index in [1.807, 2.05) is 6.07 Å². The van der Waals surface area contributed by atoms with Crippen LogP contribution in [0.2, 0.25) is 5.02 Å². The van der Waals surface area contributed by atoms with Crippen molar-refractivity contribution in [3.05, 3.63) is 47.6 Å². The van der Waals surface area contributed by atoms with E-state index in [0.717, 1.165) is 0 Å². The Morgan fingerprint density at radius 3 is 2.87 bits per heavy atom. The lowest BCUT2D eigenvalue weighted by atomic mass is 10.2. The molecule has 6 nitrogen and oxygen atoms in total. The van der Waals surface area contributed by atoms with Gasteiger partial charge in [0, 0.05) is 6.20 Å². The first kappa shape index (κ1) is 15.3. The molecule has 118 valence electrons. The average molecular weight is 332 g/mol. The minimum Gasteiger partial charge on any atom is -0.479 e. The van der Waals surface area contributed by atoms with Gasteiger partial charge in [-0.1, -0.05) is 23.7 Å². The fourth-order valence-electron chi connectivity index (χ4n) is 2.30. The number of nitrogens with zero attached hydrogens (tertiary/aromatic N) is 2. The van der Waals surface area contributed by atoms with Gasteiger partial charge in [-0.25, -0.2) is 4.98 Å². The van der Waals surface area contributed by atoms with E-state index in [9.17, 15) is 9.59 Å². The van der Waals surface area contributed by atoms with Crippen molar-refractivity contribution in [1.29, 1.82) is 0 Å². The molecule has 0 saturated heterocycles. The van der Waals surface area contributed by atoms with Crippen LogP contribution < -0.4 is 15.0 Å². The van der Waals surface area contributed by atoms with Crippen molar-refractivity contribution in [2.45, 2.75) is 13.0 Å². The van der Waals surface area contributed by atoms with Gasteiger partial charge in [0.2, 0.25) is 5.91 Å². The molecule has 0 radical (unpaired) electrons. The number of pyridine rings is 1. The fraction of sp³-hybridized carbons (Fsp3) is 0.188. The zero-order chi connectivity index (χ0) is 16.4. The number of hydrogen-bond acceptors (Lipinski definition) is 4. The second kappa shape index (κ2) is 6.26. The molecule has 7 heteroatoms. The van der Waals surface area contributed by atoms with Gasteiger partial charge < -0.3 is 10.1 Å². The Bertz CT molecular complexity index is 748. The number of amides is 2. The SMILES string of the molecule is CC1Oc2ccccc2N(CC(=O)Nc2ccc(Cl)cn2)C1=O. The Morgan fingerprint density at radius 2 is 2.13 bits per heavy atom. The lowest BCUT2D eigenvalue weighted by Crippen LogP contribution is -2.47. The van der Waals surface area contributed by atoms with Crippen LogP contribution in [0.25, 0.3) is 0 Å². The molecule has 1 aliphatic rings. The maximum absolute atomic E-state index is 12.3. The van der Waals surface area contributed by atoms with Crippen molar-refractivity contribution in [2.75, 3.05) is 16.8 Å². The third kappa shape index (κ3) is 3.27. The summed E-state index contributed by atoms with van der Waals surface area (Å²) in [6.07, 6.45) is 0.806. The number of rotatable bonds is 3. The van der Waals surface area contributed by atoms with Crippen LogP contribution in [0.1, 0.15) is 6.92 Å². The zero-order valence-corrected chi connectivity index (χ0v) is 13.1. The topological polar surface area (TPSA) is 71.5 Å². The smallest absolute Gasteiger partial charge is 0.268 e. The van der Waals surface area contributed by atoms with Gasteiger partial charge in [-0.2, -0.15) is 0 Å². The van der Waals surface area contributed by atoms with Gasteiger partial charge in [0.15, 0.2) is 6.10 Å². The Hall–Kier alpha value is -2.60. The zero-order valence-electron chi connectivity index (χ0n) is 12.3. The summed E-state index contributed by atoms with van der Waals surface area (Å²) in [5, 5.41) is 3.12. The van der Waals surface area contributed by atoms with Crippen molar-refractivity contribution in [3.63, 3.8) is 0 Å². The van der Waals surface area contributed by atoms with Crippen molar-refractivity contribution >= 4 is 34.9 Å². The molecule has 1 atom stereocenters. The number of carbonyl (C=O) groups excluding carboxylic acids is 2.